The molecule has 0 spiro atoms. The van der Waals surface area contributed by atoms with Gasteiger partial charge in [0.1, 0.15) is 24.4 Å². The highest BCUT2D eigenvalue weighted by molar-refractivity contribution is 5.95. The zero-order valence-electron chi connectivity index (χ0n) is 21.0. The van der Waals surface area contributed by atoms with Gasteiger partial charge in [0, 0.05) is 42.9 Å². The van der Waals surface area contributed by atoms with Gasteiger partial charge in [-0.25, -0.2) is 14.2 Å². The summed E-state index contributed by atoms with van der Waals surface area (Å²) in [5, 5.41) is 7.02. The summed E-state index contributed by atoms with van der Waals surface area (Å²) in [7, 11) is 1.62. The molecule has 196 valence electrons. The largest absolute Gasteiger partial charge is 0.484 e. The highest BCUT2D eigenvalue weighted by Gasteiger charge is 2.33. The molecule has 1 atom stereocenters. The first-order valence-electron chi connectivity index (χ1n) is 11.9. The van der Waals surface area contributed by atoms with E-state index in [1.165, 1.54) is 27.7 Å². The fraction of sp³-hybridized carbons (Fsp3) is 0.346. The van der Waals surface area contributed by atoms with E-state index in [0.29, 0.717) is 72.4 Å². The summed E-state index contributed by atoms with van der Waals surface area (Å²) in [4.78, 5) is 30.7. The standard InChI is InChI=1S/C26H31FN6O4/c1-5-22-25(30-15(2)14-36-22)31-16(3)33-13-18(37-26(33)35)12-29-9-8-20-21(27)7-6-19-17(11-28)10-23(34)32(4)24(19)20/h5-7,10,18,29-30H,1-2,8-9,11-14,28H2,3-4H3/b31-16+. The number of ether oxygens (including phenoxy) is 2. The van der Waals surface area contributed by atoms with Gasteiger partial charge in [0.25, 0.3) is 5.56 Å². The Balaban J connectivity index is 1.40. The van der Waals surface area contributed by atoms with E-state index >= 15 is 0 Å². The number of pyridine rings is 1. The van der Waals surface area contributed by atoms with Crippen LogP contribution in [0.3, 0.4) is 0 Å². The number of aromatic nitrogens is 1. The van der Waals surface area contributed by atoms with Crippen LogP contribution in [-0.2, 0) is 29.5 Å². The molecule has 2 aromatic rings. The van der Waals surface area contributed by atoms with Crippen molar-refractivity contribution in [2.45, 2.75) is 26.0 Å². The van der Waals surface area contributed by atoms with Gasteiger partial charge < -0.3 is 30.4 Å². The fourth-order valence-corrected chi connectivity index (χ4v) is 4.42. The van der Waals surface area contributed by atoms with Crippen LogP contribution in [0.25, 0.3) is 10.9 Å². The van der Waals surface area contributed by atoms with E-state index in [2.05, 4.69) is 28.8 Å². The van der Waals surface area contributed by atoms with Crippen molar-refractivity contribution in [3.05, 3.63) is 82.0 Å². The van der Waals surface area contributed by atoms with Crippen LogP contribution in [0.1, 0.15) is 18.1 Å². The molecule has 10 nitrogen and oxygen atoms in total. The van der Waals surface area contributed by atoms with E-state index in [4.69, 9.17) is 15.2 Å². The van der Waals surface area contributed by atoms with Crippen molar-refractivity contribution in [1.82, 2.24) is 20.1 Å². The fourth-order valence-electron chi connectivity index (χ4n) is 4.42. The van der Waals surface area contributed by atoms with Gasteiger partial charge in [0.05, 0.1) is 12.1 Å². The second kappa shape index (κ2) is 11.0. The smallest absolute Gasteiger partial charge is 0.415 e. The van der Waals surface area contributed by atoms with Gasteiger partial charge in [-0.2, -0.15) is 0 Å². The number of aryl methyl sites for hydroxylation is 1. The van der Waals surface area contributed by atoms with Crippen LogP contribution in [0.5, 0.6) is 0 Å². The minimum Gasteiger partial charge on any atom is -0.484 e. The number of carbonyl (C=O) groups excluding carboxylic acids is 1. The lowest BCUT2D eigenvalue weighted by atomic mass is 10.0. The van der Waals surface area contributed by atoms with Crippen LogP contribution in [0.2, 0.25) is 0 Å². The lowest BCUT2D eigenvalue weighted by Crippen LogP contribution is -2.34. The van der Waals surface area contributed by atoms with Gasteiger partial charge in [0.2, 0.25) is 0 Å². The van der Waals surface area contributed by atoms with Gasteiger partial charge in [-0.1, -0.05) is 13.2 Å². The Kier molecular flexibility index (Phi) is 7.74. The molecule has 1 fully saturated rings. The maximum absolute atomic E-state index is 14.8. The monoisotopic (exact) mass is 510 g/mol. The number of nitrogens with two attached hydrogens (primary N) is 1. The summed E-state index contributed by atoms with van der Waals surface area (Å²) in [6, 6.07) is 4.53. The van der Waals surface area contributed by atoms with Gasteiger partial charge in [0.15, 0.2) is 11.6 Å². The molecule has 1 saturated heterocycles. The summed E-state index contributed by atoms with van der Waals surface area (Å²) >= 11 is 0. The molecule has 37 heavy (non-hydrogen) atoms. The molecule has 3 heterocycles. The maximum Gasteiger partial charge on any atom is 0.415 e. The molecule has 2 aliphatic rings. The Morgan fingerprint density at radius 1 is 1.41 bits per heavy atom. The third kappa shape index (κ3) is 5.42. The topological polar surface area (TPSA) is 123 Å². The Hall–Kier alpha value is -3.96. The van der Waals surface area contributed by atoms with Gasteiger partial charge in [-0.05, 0) is 43.7 Å². The number of nitrogens with one attached hydrogen (secondary N) is 2. The van der Waals surface area contributed by atoms with Crippen LogP contribution in [0.4, 0.5) is 9.18 Å². The number of amides is 1. The SMILES string of the molecule is C=CC1=C(/N=C(\C)N2CC(CNCCc3c(F)ccc4c(CN)cc(=O)n(C)c34)OC2=O)NC(=C)CO1. The lowest BCUT2D eigenvalue weighted by molar-refractivity contribution is 0.135. The Morgan fingerprint density at radius 3 is 2.92 bits per heavy atom. The number of amidine groups is 1. The number of rotatable bonds is 8. The van der Waals surface area contributed by atoms with E-state index in [1.54, 1.807) is 20.0 Å². The summed E-state index contributed by atoms with van der Waals surface area (Å²) in [6.07, 6.45) is 0.952. The third-order valence-electron chi connectivity index (χ3n) is 6.33. The minimum absolute atomic E-state index is 0.187. The third-order valence-corrected chi connectivity index (χ3v) is 6.33. The van der Waals surface area contributed by atoms with Crippen LogP contribution in [0, 0.1) is 5.82 Å². The van der Waals surface area contributed by atoms with Crippen LogP contribution < -0.4 is 21.9 Å². The van der Waals surface area contributed by atoms with Crippen molar-refractivity contribution in [2.24, 2.45) is 17.8 Å². The second-order valence-electron chi connectivity index (χ2n) is 8.86. The van der Waals surface area contributed by atoms with E-state index in [-0.39, 0.29) is 17.9 Å². The number of nitrogens with zero attached hydrogens (tertiary/aromatic N) is 3. The number of cyclic esters (lactones) is 1. The number of allylic oxidation sites excluding steroid dienone is 1. The van der Waals surface area contributed by atoms with Crippen molar-refractivity contribution in [1.29, 1.82) is 0 Å². The molecule has 11 heteroatoms. The predicted octanol–water partition coefficient (Wildman–Crippen LogP) is 2.00. The quantitative estimate of drug-likeness (QED) is 0.282. The first kappa shape index (κ1) is 26.1. The molecule has 1 amide bonds. The number of carbonyl (C=O) groups is 1. The van der Waals surface area contributed by atoms with Crippen molar-refractivity contribution < 1.29 is 18.7 Å². The highest BCUT2D eigenvalue weighted by Crippen LogP contribution is 2.24. The molecule has 0 radical (unpaired) electrons. The molecular formula is C26H31FN6O4. The summed E-state index contributed by atoms with van der Waals surface area (Å²) in [5.41, 5.74) is 7.86. The summed E-state index contributed by atoms with van der Waals surface area (Å²) < 4.78 is 27.2. The van der Waals surface area contributed by atoms with Gasteiger partial charge in [-0.15, -0.1) is 0 Å². The molecule has 0 aliphatic carbocycles. The van der Waals surface area contributed by atoms with Crippen LogP contribution >= 0.6 is 0 Å². The zero-order valence-corrected chi connectivity index (χ0v) is 21.0. The van der Waals surface area contributed by atoms with Crippen LogP contribution in [0.15, 0.2) is 64.5 Å². The maximum atomic E-state index is 14.8. The Bertz CT molecular complexity index is 1380. The average Bonchev–Trinajstić information content (AvgIpc) is 3.25. The van der Waals surface area contributed by atoms with E-state index < -0.39 is 12.2 Å². The van der Waals surface area contributed by atoms with Gasteiger partial charge >= 0.3 is 6.09 Å². The number of hydrogen-bond acceptors (Lipinski definition) is 8. The van der Waals surface area contributed by atoms with Crippen molar-refractivity contribution in [3.63, 3.8) is 0 Å². The Labute approximate surface area is 213 Å². The van der Waals surface area contributed by atoms with E-state index in [0.717, 1.165) is 5.39 Å². The molecule has 4 N–H and O–H groups in total. The summed E-state index contributed by atoms with van der Waals surface area (Å²) in [5.74, 6) is 0.929. The van der Waals surface area contributed by atoms with Gasteiger partial charge in [-0.3, -0.25) is 9.69 Å². The molecule has 1 unspecified atom stereocenters. The molecular weight excluding hydrogens is 479 g/mol. The number of aliphatic imine (C=N–C) groups is 1. The molecule has 1 aromatic carbocycles. The molecule has 2 aliphatic heterocycles. The highest BCUT2D eigenvalue weighted by atomic mass is 19.1. The molecule has 0 saturated carbocycles. The van der Waals surface area contributed by atoms with Crippen molar-refractivity contribution >= 4 is 22.8 Å². The van der Waals surface area contributed by atoms with Crippen molar-refractivity contribution in [3.8, 4) is 0 Å². The Morgan fingerprint density at radius 2 is 2.19 bits per heavy atom. The molecule has 1 aromatic heterocycles. The minimum atomic E-state index is -0.506. The van der Waals surface area contributed by atoms with Crippen molar-refractivity contribution in [2.75, 3.05) is 26.2 Å². The number of halogens is 1. The van der Waals surface area contributed by atoms with E-state index in [1.807, 2.05) is 0 Å². The second-order valence-corrected chi connectivity index (χ2v) is 8.86. The first-order valence-corrected chi connectivity index (χ1v) is 11.9. The number of benzene rings is 1. The first-order chi connectivity index (χ1) is 17.7. The number of fused-ring (bicyclic) bond motifs is 1. The molecule has 4 rings (SSSR count). The predicted molar refractivity (Wildman–Crippen MR) is 139 cm³/mol. The average molecular weight is 511 g/mol. The molecule has 0 bridgehead atoms. The zero-order chi connectivity index (χ0) is 26.7. The van der Waals surface area contributed by atoms with E-state index in [9.17, 15) is 14.0 Å². The summed E-state index contributed by atoms with van der Waals surface area (Å²) in [6.45, 7) is 10.8. The normalized spacial score (nSPS) is 18.2. The number of hydrogen-bond donors (Lipinski definition) is 3. The lowest BCUT2D eigenvalue weighted by Gasteiger charge is -2.21. The van der Waals surface area contributed by atoms with Crippen LogP contribution in [-0.4, -0.2) is 53.7 Å².